The first kappa shape index (κ1) is 17.4. The van der Waals surface area contributed by atoms with Crippen molar-refractivity contribution in [2.75, 3.05) is 0 Å². The molecule has 0 radical (unpaired) electrons. The van der Waals surface area contributed by atoms with E-state index >= 15 is 0 Å². The molecule has 2 aromatic heterocycles. The molecule has 0 amide bonds. The lowest BCUT2D eigenvalue weighted by Gasteiger charge is -2.06. The summed E-state index contributed by atoms with van der Waals surface area (Å²) < 4.78 is 5.44. The fourth-order valence-corrected chi connectivity index (χ4v) is 2.88. The molecule has 0 aliphatic carbocycles. The third-order valence-corrected chi connectivity index (χ3v) is 4.32. The van der Waals surface area contributed by atoms with Crippen LogP contribution >= 0.6 is 0 Å². The van der Waals surface area contributed by atoms with Gasteiger partial charge in [0.1, 0.15) is 18.1 Å². The van der Waals surface area contributed by atoms with Gasteiger partial charge in [0.25, 0.3) is 0 Å². The SMILES string of the molecule is OC(CCCCCCc1ccccc1)c1nc(-c2ccncc2)co1. The zero-order valence-electron chi connectivity index (χ0n) is 14.3. The Kier molecular flexibility index (Phi) is 6.35. The van der Waals surface area contributed by atoms with E-state index in [1.165, 1.54) is 18.4 Å². The van der Waals surface area contributed by atoms with Gasteiger partial charge < -0.3 is 9.52 Å². The average molecular weight is 336 g/mol. The molecular formula is C21H24N2O2. The molecule has 4 nitrogen and oxygen atoms in total. The highest BCUT2D eigenvalue weighted by Gasteiger charge is 2.14. The zero-order chi connectivity index (χ0) is 17.3. The molecular weight excluding hydrogens is 312 g/mol. The van der Waals surface area contributed by atoms with Crippen molar-refractivity contribution < 1.29 is 9.52 Å². The molecule has 3 aromatic rings. The van der Waals surface area contributed by atoms with E-state index in [2.05, 4.69) is 34.2 Å². The second-order valence-electron chi connectivity index (χ2n) is 6.26. The molecule has 25 heavy (non-hydrogen) atoms. The molecule has 0 bridgehead atoms. The maximum atomic E-state index is 10.2. The normalized spacial score (nSPS) is 12.2. The second kappa shape index (κ2) is 9.14. The molecule has 0 aliphatic heterocycles. The maximum absolute atomic E-state index is 10.2. The number of rotatable bonds is 9. The number of benzene rings is 1. The van der Waals surface area contributed by atoms with Crippen LogP contribution in [0.15, 0.2) is 65.5 Å². The minimum atomic E-state index is -0.635. The highest BCUT2D eigenvalue weighted by molar-refractivity contribution is 5.56. The third-order valence-electron chi connectivity index (χ3n) is 4.32. The highest BCUT2D eigenvalue weighted by Crippen LogP contribution is 2.24. The second-order valence-corrected chi connectivity index (χ2v) is 6.26. The number of pyridine rings is 1. The van der Waals surface area contributed by atoms with E-state index < -0.39 is 6.10 Å². The summed E-state index contributed by atoms with van der Waals surface area (Å²) in [4.78, 5) is 8.38. The molecule has 1 unspecified atom stereocenters. The van der Waals surface area contributed by atoms with Crippen molar-refractivity contribution in [1.29, 1.82) is 0 Å². The van der Waals surface area contributed by atoms with E-state index in [1.807, 2.05) is 18.2 Å². The number of hydrogen-bond donors (Lipinski definition) is 1. The summed E-state index contributed by atoms with van der Waals surface area (Å²) in [5.74, 6) is 0.399. The van der Waals surface area contributed by atoms with Gasteiger partial charge in [0.05, 0.1) is 0 Å². The molecule has 4 heteroatoms. The molecule has 0 spiro atoms. The molecule has 0 saturated heterocycles. The maximum Gasteiger partial charge on any atom is 0.223 e. The Labute approximate surface area is 148 Å². The van der Waals surface area contributed by atoms with E-state index in [1.54, 1.807) is 18.7 Å². The van der Waals surface area contributed by atoms with Gasteiger partial charge in [-0.15, -0.1) is 0 Å². The summed E-state index contributed by atoms with van der Waals surface area (Å²) in [5, 5.41) is 10.2. The largest absolute Gasteiger partial charge is 0.446 e. The Balaban J connectivity index is 1.37. The van der Waals surface area contributed by atoms with Crippen LogP contribution in [-0.4, -0.2) is 15.1 Å². The molecule has 0 fully saturated rings. The van der Waals surface area contributed by atoms with Gasteiger partial charge in [-0.25, -0.2) is 4.98 Å². The molecule has 130 valence electrons. The summed E-state index contributed by atoms with van der Waals surface area (Å²) in [7, 11) is 0. The lowest BCUT2D eigenvalue weighted by atomic mass is 10.0. The van der Waals surface area contributed by atoms with Crippen molar-refractivity contribution in [3.63, 3.8) is 0 Å². The van der Waals surface area contributed by atoms with E-state index in [0.717, 1.165) is 30.5 Å². The summed E-state index contributed by atoms with van der Waals surface area (Å²) in [6.45, 7) is 0. The topological polar surface area (TPSA) is 59.2 Å². The van der Waals surface area contributed by atoms with Gasteiger partial charge in [-0.1, -0.05) is 49.6 Å². The number of unbranched alkanes of at least 4 members (excludes halogenated alkanes) is 3. The predicted molar refractivity (Wildman–Crippen MR) is 97.9 cm³/mol. The average Bonchev–Trinajstić information content (AvgIpc) is 3.16. The number of aryl methyl sites for hydroxylation is 1. The van der Waals surface area contributed by atoms with Crippen LogP contribution in [-0.2, 0) is 6.42 Å². The smallest absolute Gasteiger partial charge is 0.223 e. The lowest BCUT2D eigenvalue weighted by molar-refractivity contribution is 0.130. The Morgan fingerprint density at radius 3 is 2.48 bits per heavy atom. The number of aromatic nitrogens is 2. The van der Waals surface area contributed by atoms with Crippen molar-refractivity contribution >= 4 is 0 Å². The van der Waals surface area contributed by atoms with E-state index in [0.29, 0.717) is 12.3 Å². The van der Waals surface area contributed by atoms with E-state index in [-0.39, 0.29) is 0 Å². The molecule has 3 rings (SSSR count). The van der Waals surface area contributed by atoms with Crippen molar-refractivity contribution in [3.8, 4) is 11.3 Å². The Hall–Kier alpha value is -2.46. The summed E-state index contributed by atoms with van der Waals surface area (Å²) in [5.41, 5.74) is 3.07. The molecule has 1 N–H and O–H groups in total. The molecule has 1 aromatic carbocycles. The monoisotopic (exact) mass is 336 g/mol. The first-order chi connectivity index (χ1) is 12.3. The van der Waals surface area contributed by atoms with Crippen molar-refractivity contribution in [2.24, 2.45) is 0 Å². The number of nitrogens with zero attached hydrogens (tertiary/aromatic N) is 2. The number of hydrogen-bond acceptors (Lipinski definition) is 4. The van der Waals surface area contributed by atoms with Crippen LogP contribution in [0.2, 0.25) is 0 Å². The number of aliphatic hydroxyl groups excluding tert-OH is 1. The predicted octanol–water partition coefficient (Wildman–Crippen LogP) is 4.96. The fraction of sp³-hybridized carbons (Fsp3) is 0.333. The summed E-state index contributed by atoms with van der Waals surface area (Å²) >= 11 is 0. The number of aliphatic hydroxyl groups is 1. The van der Waals surface area contributed by atoms with Crippen LogP contribution in [0.3, 0.4) is 0 Å². The van der Waals surface area contributed by atoms with Gasteiger partial charge in [0, 0.05) is 18.0 Å². The van der Waals surface area contributed by atoms with Crippen molar-refractivity contribution in [3.05, 3.63) is 72.6 Å². The molecule has 0 aliphatic rings. The van der Waals surface area contributed by atoms with Gasteiger partial charge in [-0.2, -0.15) is 0 Å². The van der Waals surface area contributed by atoms with Crippen LogP contribution in [0, 0.1) is 0 Å². The quantitative estimate of drug-likeness (QED) is 0.561. The minimum absolute atomic E-state index is 0.399. The lowest BCUT2D eigenvalue weighted by Crippen LogP contribution is -1.98. The zero-order valence-corrected chi connectivity index (χ0v) is 14.3. The van der Waals surface area contributed by atoms with Gasteiger partial charge >= 0.3 is 0 Å². The summed E-state index contributed by atoms with van der Waals surface area (Å²) in [6.07, 6.45) is 10.6. The molecule has 0 saturated carbocycles. The van der Waals surface area contributed by atoms with Crippen LogP contribution in [0.4, 0.5) is 0 Å². The minimum Gasteiger partial charge on any atom is -0.446 e. The summed E-state index contributed by atoms with van der Waals surface area (Å²) in [6, 6.07) is 14.3. The van der Waals surface area contributed by atoms with E-state index in [9.17, 15) is 5.11 Å². The highest BCUT2D eigenvalue weighted by atomic mass is 16.4. The van der Waals surface area contributed by atoms with Gasteiger partial charge in [0.15, 0.2) is 0 Å². The van der Waals surface area contributed by atoms with Gasteiger partial charge in [0.2, 0.25) is 5.89 Å². The first-order valence-corrected chi connectivity index (χ1v) is 8.91. The van der Waals surface area contributed by atoms with Crippen LogP contribution in [0.5, 0.6) is 0 Å². The van der Waals surface area contributed by atoms with Crippen LogP contribution in [0.25, 0.3) is 11.3 Å². The van der Waals surface area contributed by atoms with Crippen LogP contribution in [0.1, 0.15) is 49.7 Å². The Morgan fingerprint density at radius 2 is 1.68 bits per heavy atom. The fourth-order valence-electron chi connectivity index (χ4n) is 2.88. The number of oxazole rings is 1. The van der Waals surface area contributed by atoms with Crippen LogP contribution < -0.4 is 0 Å². The van der Waals surface area contributed by atoms with Gasteiger partial charge in [-0.05, 0) is 37.0 Å². The molecule has 2 heterocycles. The van der Waals surface area contributed by atoms with E-state index in [4.69, 9.17) is 4.42 Å². The Bertz CT molecular complexity index is 741. The Morgan fingerprint density at radius 1 is 0.920 bits per heavy atom. The van der Waals surface area contributed by atoms with Crippen molar-refractivity contribution in [2.45, 2.75) is 44.6 Å². The van der Waals surface area contributed by atoms with Gasteiger partial charge in [-0.3, -0.25) is 4.98 Å². The molecule has 1 atom stereocenters. The first-order valence-electron chi connectivity index (χ1n) is 8.91. The van der Waals surface area contributed by atoms with Crippen molar-refractivity contribution in [1.82, 2.24) is 9.97 Å². The third kappa shape index (κ3) is 5.26. The standard InChI is InChI=1S/C21H24N2O2/c24-20(11-7-2-1-4-8-17-9-5-3-6-10-17)21-23-19(16-25-21)18-12-14-22-15-13-18/h3,5-6,9-10,12-16,20,24H,1-2,4,7-8,11H2.